The predicted molar refractivity (Wildman–Crippen MR) is 124 cm³/mol. The fraction of sp³-hybridized carbons (Fsp3) is 0.826. The summed E-state index contributed by atoms with van der Waals surface area (Å²) in [6.45, 7) is 5.90. The second-order valence-electron chi connectivity index (χ2n) is 8.95. The van der Waals surface area contributed by atoms with Crippen molar-refractivity contribution >= 4 is 34.7 Å². The molecule has 0 aromatic heterocycles. The van der Waals surface area contributed by atoms with Crippen LogP contribution in [0.2, 0.25) is 0 Å². The molecule has 3 unspecified atom stereocenters. The number of amides is 2. The van der Waals surface area contributed by atoms with Gasteiger partial charge in [0.1, 0.15) is 6.04 Å². The van der Waals surface area contributed by atoms with Crippen LogP contribution in [0, 0.1) is 11.8 Å². The quantitative estimate of drug-likeness (QED) is 0.511. The summed E-state index contributed by atoms with van der Waals surface area (Å²) in [6.07, 6.45) is 9.40. The van der Waals surface area contributed by atoms with Crippen molar-refractivity contribution in [3.63, 3.8) is 0 Å². The van der Waals surface area contributed by atoms with Crippen LogP contribution in [-0.4, -0.2) is 45.8 Å². The first-order valence-corrected chi connectivity index (χ1v) is 12.6. The molecule has 0 bridgehead atoms. The number of carboxylic acid groups (broad SMARTS) is 1. The number of hydrogen-bond donors (Lipinski definition) is 3. The van der Waals surface area contributed by atoms with Crippen LogP contribution >= 0.6 is 11.8 Å². The van der Waals surface area contributed by atoms with E-state index in [0.29, 0.717) is 19.4 Å². The Labute approximate surface area is 190 Å². The fourth-order valence-electron chi connectivity index (χ4n) is 4.00. The summed E-state index contributed by atoms with van der Waals surface area (Å²) < 4.78 is 0. The minimum absolute atomic E-state index is 0.147. The maximum atomic E-state index is 13.2. The Morgan fingerprint density at radius 3 is 2.19 bits per heavy atom. The molecule has 0 spiro atoms. The number of rotatable bonds is 8. The lowest BCUT2D eigenvalue weighted by molar-refractivity contribution is -0.137. The lowest BCUT2D eigenvalue weighted by Gasteiger charge is -2.28. The molecule has 2 amide bonds. The van der Waals surface area contributed by atoms with Crippen molar-refractivity contribution in [3.8, 4) is 0 Å². The third kappa shape index (κ3) is 12.1. The van der Waals surface area contributed by atoms with Crippen LogP contribution in [-0.2, 0) is 19.2 Å². The lowest BCUT2D eigenvalue weighted by atomic mass is 9.91. The molecule has 1 heterocycles. The van der Waals surface area contributed by atoms with Gasteiger partial charge in [0.25, 0.3) is 0 Å². The largest absolute Gasteiger partial charge is 0.481 e. The molecular formula is C23H40N2O5S. The van der Waals surface area contributed by atoms with E-state index in [0.717, 1.165) is 43.9 Å². The van der Waals surface area contributed by atoms with Crippen LogP contribution in [0.4, 0.5) is 0 Å². The molecule has 1 saturated heterocycles. The molecular weight excluding hydrogens is 416 g/mol. The molecule has 3 atom stereocenters. The molecule has 0 saturated carbocycles. The summed E-state index contributed by atoms with van der Waals surface area (Å²) in [6, 6.07) is -0.629. The average Bonchev–Trinajstić information content (AvgIpc) is 2.68. The summed E-state index contributed by atoms with van der Waals surface area (Å²) in [7, 11) is 0. The first kappa shape index (κ1) is 27.5. The number of aliphatic carboxylic acids is 1. The van der Waals surface area contributed by atoms with E-state index < -0.39 is 23.2 Å². The molecule has 1 aliphatic rings. The highest BCUT2D eigenvalue weighted by Gasteiger charge is 2.34. The molecule has 3 N–H and O–H groups in total. The van der Waals surface area contributed by atoms with Crippen LogP contribution < -0.4 is 10.6 Å². The molecule has 0 aromatic rings. The molecule has 0 aromatic carbocycles. The van der Waals surface area contributed by atoms with E-state index >= 15 is 0 Å². The maximum Gasteiger partial charge on any atom is 0.304 e. The third-order valence-electron chi connectivity index (χ3n) is 5.56. The SMILES string of the molecule is CC(=O)SC(CC(=O)O)C(CC(C)C)C(=O)NC1CCCCCCCCCCNC1=O. The van der Waals surface area contributed by atoms with Crippen LogP contribution in [0.3, 0.4) is 0 Å². The van der Waals surface area contributed by atoms with Gasteiger partial charge in [0.15, 0.2) is 5.12 Å². The first-order chi connectivity index (χ1) is 14.7. The van der Waals surface area contributed by atoms with E-state index in [9.17, 15) is 24.3 Å². The Morgan fingerprint density at radius 2 is 1.65 bits per heavy atom. The molecule has 1 aliphatic heterocycles. The number of hydrogen-bond acceptors (Lipinski definition) is 5. The van der Waals surface area contributed by atoms with Gasteiger partial charge >= 0.3 is 5.97 Å². The molecule has 0 radical (unpaired) electrons. The standard InChI is InChI=1S/C23H40N2O5S/c1-16(2)14-18(20(15-21(27)28)31-17(3)26)22(29)25-19-12-10-8-6-4-5-7-9-11-13-24-23(19)30/h16,18-20H,4-15H2,1-3H3,(H,24,30)(H,25,29)(H,27,28). The Balaban J connectivity index is 2.94. The molecule has 178 valence electrons. The van der Waals surface area contributed by atoms with Gasteiger partial charge in [0.05, 0.1) is 12.3 Å². The zero-order valence-electron chi connectivity index (χ0n) is 19.3. The highest BCUT2D eigenvalue weighted by atomic mass is 32.2. The molecule has 7 nitrogen and oxygen atoms in total. The van der Waals surface area contributed by atoms with Gasteiger partial charge in [-0.1, -0.05) is 70.6 Å². The Bertz CT molecular complexity index is 581. The number of thioether (sulfide) groups is 1. The Kier molecular flexibility index (Phi) is 13.5. The summed E-state index contributed by atoms with van der Waals surface area (Å²) in [5.41, 5.74) is 0. The molecule has 8 heteroatoms. The summed E-state index contributed by atoms with van der Waals surface area (Å²) in [4.78, 5) is 49.0. The second kappa shape index (κ2) is 15.3. The number of nitrogens with one attached hydrogen (secondary N) is 2. The Morgan fingerprint density at radius 1 is 1.06 bits per heavy atom. The third-order valence-corrected chi connectivity index (χ3v) is 6.69. The topological polar surface area (TPSA) is 113 Å². The number of carbonyl (C=O) groups is 4. The van der Waals surface area contributed by atoms with E-state index in [4.69, 9.17) is 0 Å². The van der Waals surface area contributed by atoms with Gasteiger partial charge in [-0.2, -0.15) is 0 Å². The van der Waals surface area contributed by atoms with Crippen molar-refractivity contribution < 1.29 is 24.3 Å². The predicted octanol–water partition coefficient (Wildman–Crippen LogP) is 3.90. The van der Waals surface area contributed by atoms with Crippen LogP contribution in [0.15, 0.2) is 0 Å². The van der Waals surface area contributed by atoms with Gasteiger partial charge in [0.2, 0.25) is 11.8 Å². The zero-order chi connectivity index (χ0) is 23.2. The van der Waals surface area contributed by atoms with E-state index in [2.05, 4.69) is 10.6 Å². The zero-order valence-corrected chi connectivity index (χ0v) is 20.1. The minimum Gasteiger partial charge on any atom is -0.481 e. The van der Waals surface area contributed by atoms with Crippen LogP contribution in [0.1, 0.15) is 91.4 Å². The minimum atomic E-state index is -1.04. The average molecular weight is 457 g/mol. The van der Waals surface area contributed by atoms with E-state index in [1.54, 1.807) is 0 Å². The van der Waals surface area contributed by atoms with E-state index in [1.165, 1.54) is 26.2 Å². The van der Waals surface area contributed by atoms with Crippen molar-refractivity contribution in [1.29, 1.82) is 0 Å². The molecule has 1 fully saturated rings. The van der Waals surface area contributed by atoms with Crippen molar-refractivity contribution in [3.05, 3.63) is 0 Å². The van der Waals surface area contributed by atoms with Crippen molar-refractivity contribution in [1.82, 2.24) is 10.6 Å². The fourth-order valence-corrected chi connectivity index (χ4v) is 5.05. The van der Waals surface area contributed by atoms with Gasteiger partial charge in [0, 0.05) is 18.7 Å². The maximum absolute atomic E-state index is 13.2. The first-order valence-electron chi connectivity index (χ1n) is 11.7. The van der Waals surface area contributed by atoms with Crippen LogP contribution in [0.25, 0.3) is 0 Å². The normalized spacial score (nSPS) is 21.0. The molecule has 0 aliphatic carbocycles. The van der Waals surface area contributed by atoms with Gasteiger partial charge < -0.3 is 15.7 Å². The van der Waals surface area contributed by atoms with Crippen molar-refractivity contribution in [2.75, 3.05) is 6.54 Å². The van der Waals surface area contributed by atoms with Gasteiger partial charge in [-0.15, -0.1) is 0 Å². The monoisotopic (exact) mass is 456 g/mol. The number of carboxylic acids is 1. The second-order valence-corrected chi connectivity index (χ2v) is 10.4. The van der Waals surface area contributed by atoms with Crippen LogP contribution in [0.5, 0.6) is 0 Å². The van der Waals surface area contributed by atoms with E-state index in [-0.39, 0.29) is 29.3 Å². The summed E-state index contributed by atoms with van der Waals surface area (Å²) in [5, 5.41) is 14.3. The van der Waals surface area contributed by atoms with Gasteiger partial charge in [-0.3, -0.25) is 19.2 Å². The lowest BCUT2D eigenvalue weighted by Crippen LogP contribution is -2.50. The van der Waals surface area contributed by atoms with Crippen molar-refractivity contribution in [2.24, 2.45) is 11.8 Å². The Hall–Kier alpha value is -1.57. The number of carbonyl (C=O) groups excluding carboxylic acids is 3. The van der Waals surface area contributed by atoms with Crippen molar-refractivity contribution in [2.45, 2.75) is 103 Å². The highest BCUT2D eigenvalue weighted by molar-refractivity contribution is 8.14. The van der Waals surface area contributed by atoms with Gasteiger partial charge in [-0.25, -0.2) is 0 Å². The summed E-state index contributed by atoms with van der Waals surface area (Å²) >= 11 is 0.909. The summed E-state index contributed by atoms with van der Waals surface area (Å²) in [5.74, 6) is -2.06. The van der Waals surface area contributed by atoms with Gasteiger partial charge in [-0.05, 0) is 25.2 Å². The molecule has 1 rings (SSSR count). The smallest absolute Gasteiger partial charge is 0.304 e. The van der Waals surface area contributed by atoms with E-state index in [1.807, 2.05) is 13.8 Å². The molecule has 31 heavy (non-hydrogen) atoms. The highest BCUT2D eigenvalue weighted by Crippen LogP contribution is 2.29.